The number of esters is 4. The fraction of sp³-hybridized carbons (Fsp3) is 0.538. The van der Waals surface area contributed by atoms with Gasteiger partial charge in [-0.25, -0.2) is 9.59 Å². The molecule has 8 aliphatic rings. The van der Waals surface area contributed by atoms with Crippen LogP contribution in [0.15, 0.2) is 71.3 Å². The minimum atomic E-state index is -0.797. The number of hydrogen-bond acceptors (Lipinski definition) is 35. The van der Waals surface area contributed by atoms with Crippen LogP contribution in [0.3, 0.4) is 0 Å². The number of furan rings is 1. The van der Waals surface area contributed by atoms with Gasteiger partial charge in [-0.2, -0.15) is 0 Å². The Morgan fingerprint density at radius 2 is 0.729 bits per heavy atom. The van der Waals surface area contributed by atoms with Gasteiger partial charge in [0.25, 0.3) is 5.91 Å². The highest BCUT2D eigenvalue weighted by Gasteiger charge is 2.41. The van der Waals surface area contributed by atoms with Crippen LogP contribution in [0.1, 0.15) is 186 Å². The van der Waals surface area contributed by atoms with Crippen molar-refractivity contribution in [3.05, 3.63) is 117 Å². The quantitative estimate of drug-likeness (QED) is 0.0204. The first-order valence-electron chi connectivity index (χ1n) is 42.8. The highest BCUT2D eigenvalue weighted by Crippen LogP contribution is 2.40. The van der Waals surface area contributed by atoms with Gasteiger partial charge in [0.15, 0.2) is 98.0 Å². The number of alkyl halides is 1. The first-order valence-corrected chi connectivity index (χ1v) is 43.3. The molecule has 0 aliphatic carbocycles. The van der Waals surface area contributed by atoms with E-state index in [2.05, 4.69) is 10.6 Å². The van der Waals surface area contributed by atoms with E-state index in [1.807, 2.05) is 25.7 Å². The number of carbonyl (C=O) groups excluding carboxylic acids is 15. The number of fused-ring (bicyclic) bond motifs is 4. The van der Waals surface area contributed by atoms with Gasteiger partial charge in [-0.3, -0.25) is 77.0 Å². The lowest BCUT2D eigenvalue weighted by Crippen LogP contribution is -2.59. The molecule has 5 aromatic rings. The predicted octanol–water partition coefficient (Wildman–Crippen LogP) is 8.91. The molecular formula is C93H124Cl2N8O30. The highest BCUT2D eigenvalue weighted by molar-refractivity contribution is 6.28. The number of Topliss-reactive ketones (excluding diaryl/α,β-unsaturated/α-hetero) is 8. The summed E-state index contributed by atoms with van der Waals surface area (Å²) in [4.78, 5) is 194. The third kappa shape index (κ3) is 31.7. The molecule has 0 bridgehead atoms. The third-order valence-electron chi connectivity index (χ3n) is 20.8. The minimum absolute atomic E-state index is 0. The summed E-state index contributed by atoms with van der Waals surface area (Å²) in [5.74, 6) is 1.04. The van der Waals surface area contributed by atoms with Gasteiger partial charge in [-0.1, -0.05) is 14.9 Å². The first-order chi connectivity index (χ1) is 61.8. The van der Waals surface area contributed by atoms with Crippen LogP contribution in [0.2, 0.25) is 0 Å². The van der Waals surface area contributed by atoms with Crippen molar-refractivity contribution in [1.82, 2.24) is 40.0 Å². The lowest BCUT2D eigenvalue weighted by atomic mass is 9.98. The number of nitrogens with zero attached hydrogens (tertiary/aromatic N) is 6. The van der Waals surface area contributed by atoms with Gasteiger partial charge in [-0.05, 0) is 180 Å². The lowest BCUT2D eigenvalue weighted by Gasteiger charge is -2.39. The monoisotopic (exact) mass is 1900 g/mol. The Labute approximate surface area is 784 Å². The van der Waals surface area contributed by atoms with E-state index in [1.165, 1.54) is 48.7 Å². The SMILES string of the molecule is C.C.CC(=O)c1cc2c(cc1CC(=O)CCl)OCO2.CCOC(=O)C1CN(C(=O)OC(C)(C)C)CCN1.CCOC(=O)C1CN(C(=O)OC(C)(C)C)CCN1CC(=O)Cc1cc2c(cc1C(C)=O)OCO2.CCOC(=O)C1CN(C(=O)c2ccco2)CCN1CC(=O)Cc1cc2c(cc1C(C)=O)OCO2.CCOC(=O)C1CNCCN1CC(=O)Cc1cc2c(cc1C(C)=O)OCO2.Cl. The maximum atomic E-state index is 13.0. The Morgan fingerprint density at radius 3 is 1.07 bits per heavy atom. The molecular weight excluding hydrogens is 1780 g/mol. The molecule has 0 saturated carbocycles. The smallest absolute Gasteiger partial charge is 0.410 e. The maximum Gasteiger partial charge on any atom is 0.410 e. The van der Waals surface area contributed by atoms with Crippen molar-refractivity contribution in [2.75, 3.05) is 158 Å². The van der Waals surface area contributed by atoms with Gasteiger partial charge in [0.1, 0.15) is 35.4 Å². The number of ketones is 8. The Morgan fingerprint density at radius 1 is 0.406 bits per heavy atom. The molecule has 0 spiro atoms. The number of amides is 3. The van der Waals surface area contributed by atoms with Crippen LogP contribution in [0.25, 0.3) is 0 Å². The van der Waals surface area contributed by atoms with Crippen LogP contribution in [0.5, 0.6) is 46.0 Å². The van der Waals surface area contributed by atoms with Crippen LogP contribution in [-0.2, 0) is 92.5 Å². The van der Waals surface area contributed by atoms with Crippen molar-refractivity contribution < 1.29 is 143 Å². The zero-order chi connectivity index (χ0) is 94.8. The average molecular weight is 1900 g/mol. The van der Waals surface area contributed by atoms with Gasteiger partial charge >= 0.3 is 36.1 Å². The second-order valence-corrected chi connectivity index (χ2v) is 33.2. The summed E-state index contributed by atoms with van der Waals surface area (Å²) in [5, 5.41) is 6.18. The van der Waals surface area contributed by atoms with E-state index in [-0.39, 0.29) is 208 Å². The lowest BCUT2D eigenvalue weighted by molar-refractivity contribution is -0.153. The highest BCUT2D eigenvalue weighted by atomic mass is 35.5. The average Bonchev–Trinajstić information content (AvgIpc) is 1.80. The summed E-state index contributed by atoms with van der Waals surface area (Å²) in [5.41, 5.74) is 2.87. The van der Waals surface area contributed by atoms with E-state index >= 15 is 0 Å². The molecule has 3 amide bonds. The number of nitrogens with one attached hydrogen (secondary N) is 2. The molecule has 133 heavy (non-hydrogen) atoms. The molecule has 4 aromatic carbocycles. The van der Waals surface area contributed by atoms with Gasteiger partial charge in [-0.15, -0.1) is 24.0 Å². The molecule has 4 unspecified atom stereocenters. The van der Waals surface area contributed by atoms with E-state index in [1.54, 1.807) is 119 Å². The van der Waals surface area contributed by atoms with Crippen molar-refractivity contribution in [3.8, 4) is 46.0 Å². The molecule has 38 nitrogen and oxygen atoms in total. The summed E-state index contributed by atoms with van der Waals surface area (Å²) in [7, 11) is 0. The van der Waals surface area contributed by atoms with E-state index in [4.69, 9.17) is 82.3 Å². The van der Waals surface area contributed by atoms with Gasteiger partial charge in [0.05, 0.1) is 71.3 Å². The molecule has 4 fully saturated rings. The Bertz CT molecular complexity index is 4970. The van der Waals surface area contributed by atoms with E-state index in [9.17, 15) is 71.9 Å². The largest absolute Gasteiger partial charge is 0.465 e. The molecule has 9 heterocycles. The molecule has 40 heteroatoms. The number of benzene rings is 4. The van der Waals surface area contributed by atoms with Gasteiger partial charge < -0.3 is 96.1 Å². The molecule has 8 aliphatic heterocycles. The standard InChI is InChI=1S/C24H26N2O8.C24H32N2O8.C19H24N2O6.C12H11ClO4.C12H22N2O4.2CH4.ClH/c1-3-31-24(30)19-13-26(23(29)20-5-4-8-32-20)7-6-25(19)12-17(28)9-16-10-21-22(34-14-33-21)11-18(16)15(2)27;1-6-31-22(29)19-13-26(23(30)34-24(3,4)5)8-7-25(19)12-17(28)9-16-10-20-21(33-14-32-20)11-18(16)15(2)27;1-3-25-19(24)16-9-20-4-5-21(16)10-14(23)6-13-7-17-18(27-11-26-17)8-15(13)12(2)22;1-7(14)10-4-12-11(16-6-17-12)3-8(10)2-9(15)5-13;1-5-17-10(15)9-8-14(7-6-13-9)11(16)18-12(2,3)4;;;/h4-5,8,10-11,19H,3,6-7,9,12-14H2,1-2H3;10-11,19H,6-9,12-14H2,1-5H3;7-8,16,20H,3-6,9-11H2,1-2H3;3-4H,2,5-6H2,1H3;9,13H,5-8H2,1-4H3;2*1H4;1H. The fourth-order valence-corrected chi connectivity index (χ4v) is 14.9. The molecule has 4 atom stereocenters. The summed E-state index contributed by atoms with van der Waals surface area (Å²) in [6.45, 7) is 29.4. The number of halogens is 2. The number of piperazine rings is 4. The zero-order valence-corrected chi connectivity index (χ0v) is 77.7. The van der Waals surface area contributed by atoms with Crippen LogP contribution in [0, 0.1) is 0 Å². The van der Waals surface area contributed by atoms with E-state index < -0.39 is 59.5 Å². The summed E-state index contributed by atoms with van der Waals surface area (Å²) in [6, 6.07) is 13.7. The number of hydrogen-bond donors (Lipinski definition) is 2. The number of rotatable bonds is 28. The molecule has 0 radical (unpaired) electrons. The minimum Gasteiger partial charge on any atom is -0.465 e. The fourth-order valence-electron chi connectivity index (χ4n) is 14.8. The van der Waals surface area contributed by atoms with Gasteiger partial charge in [0.2, 0.25) is 27.2 Å². The second-order valence-electron chi connectivity index (χ2n) is 32.9. The predicted molar refractivity (Wildman–Crippen MR) is 484 cm³/mol. The van der Waals surface area contributed by atoms with Crippen molar-refractivity contribution in [3.63, 3.8) is 0 Å². The van der Waals surface area contributed by atoms with Crippen molar-refractivity contribution in [2.24, 2.45) is 0 Å². The van der Waals surface area contributed by atoms with Crippen LogP contribution in [0.4, 0.5) is 9.59 Å². The Kier molecular flexibility index (Phi) is 42.5. The summed E-state index contributed by atoms with van der Waals surface area (Å²) < 4.78 is 78.8. The number of carbonyl (C=O) groups is 15. The van der Waals surface area contributed by atoms with Crippen LogP contribution >= 0.6 is 24.0 Å². The van der Waals surface area contributed by atoms with Crippen molar-refractivity contribution >= 4 is 112 Å². The Balaban J connectivity index is 0.000000261. The van der Waals surface area contributed by atoms with E-state index in [0.717, 1.165) is 0 Å². The first kappa shape index (κ1) is 110. The Hall–Kier alpha value is -11.8. The zero-order valence-electron chi connectivity index (χ0n) is 76.2. The molecule has 2 N–H and O–H groups in total. The van der Waals surface area contributed by atoms with Crippen LogP contribution in [-0.4, -0.2) is 311 Å². The molecule has 4 saturated heterocycles. The van der Waals surface area contributed by atoms with Crippen LogP contribution < -0.4 is 48.5 Å². The molecule has 730 valence electrons. The normalized spacial score (nSPS) is 17.3. The van der Waals surface area contributed by atoms with E-state index in [0.29, 0.717) is 163 Å². The number of ether oxygens (including phenoxy) is 14. The third-order valence-corrected chi connectivity index (χ3v) is 21.1. The second kappa shape index (κ2) is 51.4. The summed E-state index contributed by atoms with van der Waals surface area (Å²) >= 11 is 5.46. The molecule has 1 aromatic heterocycles. The van der Waals surface area contributed by atoms with Gasteiger partial charge in [0, 0.05) is 113 Å². The molecule has 13 rings (SSSR count). The maximum absolute atomic E-state index is 13.0. The van der Waals surface area contributed by atoms with Crippen molar-refractivity contribution in [2.45, 2.75) is 173 Å². The summed E-state index contributed by atoms with van der Waals surface area (Å²) in [6.07, 6.45) is 0.716. The van der Waals surface area contributed by atoms with Crippen molar-refractivity contribution in [1.29, 1.82) is 0 Å². The topological polar surface area (TPSA) is 442 Å².